The fourth-order valence-corrected chi connectivity index (χ4v) is 1.36. The molecule has 0 fully saturated rings. The Morgan fingerprint density at radius 1 is 1.29 bits per heavy atom. The molecule has 0 spiro atoms. The second kappa shape index (κ2) is 4.73. The Hall–Kier alpha value is -2.24. The molecule has 6 heteroatoms. The molecule has 0 aliphatic carbocycles. The van der Waals surface area contributed by atoms with Crippen molar-refractivity contribution in [3.63, 3.8) is 0 Å². The first-order valence-electron chi connectivity index (χ1n) is 5.22. The number of carbonyl (C=O) groups is 1. The SMILES string of the molecule is Cc1cnc(CNC(=O)c2cn[nH]c2C)cn1. The van der Waals surface area contributed by atoms with E-state index < -0.39 is 0 Å². The zero-order valence-corrected chi connectivity index (χ0v) is 9.69. The van der Waals surface area contributed by atoms with E-state index >= 15 is 0 Å². The Labute approximate surface area is 98.5 Å². The number of aromatic nitrogens is 4. The van der Waals surface area contributed by atoms with Crippen LogP contribution in [0.25, 0.3) is 0 Å². The molecule has 0 radical (unpaired) electrons. The smallest absolute Gasteiger partial charge is 0.255 e. The normalized spacial score (nSPS) is 10.2. The number of hydrogen-bond donors (Lipinski definition) is 2. The van der Waals surface area contributed by atoms with Gasteiger partial charge < -0.3 is 5.32 Å². The first kappa shape index (κ1) is 11.3. The molecule has 0 saturated carbocycles. The van der Waals surface area contributed by atoms with E-state index in [4.69, 9.17) is 0 Å². The molecule has 0 aliphatic rings. The van der Waals surface area contributed by atoms with E-state index in [1.54, 1.807) is 19.3 Å². The van der Waals surface area contributed by atoms with Crippen LogP contribution in [0.1, 0.15) is 27.4 Å². The lowest BCUT2D eigenvalue weighted by molar-refractivity contribution is 0.0950. The minimum Gasteiger partial charge on any atom is -0.346 e. The zero-order chi connectivity index (χ0) is 12.3. The zero-order valence-electron chi connectivity index (χ0n) is 9.69. The molecule has 0 atom stereocenters. The van der Waals surface area contributed by atoms with Crippen molar-refractivity contribution in [1.82, 2.24) is 25.5 Å². The number of hydrogen-bond acceptors (Lipinski definition) is 4. The molecule has 0 unspecified atom stereocenters. The third kappa shape index (κ3) is 2.66. The Balaban J connectivity index is 1.97. The highest BCUT2D eigenvalue weighted by atomic mass is 16.1. The third-order valence-corrected chi connectivity index (χ3v) is 2.34. The molecule has 0 aliphatic heterocycles. The first-order chi connectivity index (χ1) is 8.16. The van der Waals surface area contributed by atoms with Crippen LogP contribution >= 0.6 is 0 Å². The van der Waals surface area contributed by atoms with Gasteiger partial charge in [0, 0.05) is 11.9 Å². The summed E-state index contributed by atoms with van der Waals surface area (Å²) in [5.74, 6) is -0.168. The van der Waals surface area contributed by atoms with Gasteiger partial charge in [-0.2, -0.15) is 5.10 Å². The highest BCUT2D eigenvalue weighted by molar-refractivity contribution is 5.94. The van der Waals surface area contributed by atoms with Crippen LogP contribution in [0, 0.1) is 13.8 Å². The van der Waals surface area contributed by atoms with E-state index in [0.29, 0.717) is 12.1 Å². The molecule has 6 nitrogen and oxygen atoms in total. The van der Waals surface area contributed by atoms with Crippen molar-refractivity contribution in [2.75, 3.05) is 0 Å². The topological polar surface area (TPSA) is 83.6 Å². The summed E-state index contributed by atoms with van der Waals surface area (Å²) in [6.45, 7) is 4.02. The van der Waals surface area contributed by atoms with E-state index in [9.17, 15) is 4.79 Å². The Morgan fingerprint density at radius 2 is 2.12 bits per heavy atom. The summed E-state index contributed by atoms with van der Waals surface area (Å²) in [7, 11) is 0. The van der Waals surface area contributed by atoms with Gasteiger partial charge in [-0.1, -0.05) is 0 Å². The predicted octanol–water partition coefficient (Wildman–Crippen LogP) is 0.747. The summed E-state index contributed by atoms with van der Waals surface area (Å²) < 4.78 is 0. The maximum atomic E-state index is 11.7. The van der Waals surface area contributed by atoms with E-state index in [0.717, 1.165) is 17.1 Å². The van der Waals surface area contributed by atoms with Crippen LogP contribution in [0.15, 0.2) is 18.6 Å². The minimum atomic E-state index is -0.168. The molecule has 2 N–H and O–H groups in total. The number of aryl methyl sites for hydroxylation is 2. The number of amides is 1. The maximum absolute atomic E-state index is 11.7. The molecule has 2 aromatic heterocycles. The average Bonchev–Trinajstić information content (AvgIpc) is 2.74. The Kier molecular flexibility index (Phi) is 3.13. The number of H-pyrrole nitrogens is 1. The van der Waals surface area contributed by atoms with Gasteiger partial charge in [-0.3, -0.25) is 19.9 Å². The second-order valence-corrected chi connectivity index (χ2v) is 3.74. The van der Waals surface area contributed by atoms with Gasteiger partial charge in [0.15, 0.2) is 0 Å². The van der Waals surface area contributed by atoms with E-state index in [1.807, 2.05) is 6.92 Å². The Morgan fingerprint density at radius 3 is 2.71 bits per heavy atom. The van der Waals surface area contributed by atoms with Crippen LogP contribution in [0.5, 0.6) is 0 Å². The summed E-state index contributed by atoms with van der Waals surface area (Å²) in [6.07, 6.45) is 4.83. The molecule has 0 bridgehead atoms. The van der Waals surface area contributed by atoms with Crippen LogP contribution in [-0.2, 0) is 6.54 Å². The van der Waals surface area contributed by atoms with Crippen LogP contribution < -0.4 is 5.32 Å². The summed E-state index contributed by atoms with van der Waals surface area (Å²) in [6, 6.07) is 0. The lowest BCUT2D eigenvalue weighted by Gasteiger charge is -2.03. The lowest BCUT2D eigenvalue weighted by atomic mass is 10.2. The van der Waals surface area contributed by atoms with Crippen LogP contribution in [0.2, 0.25) is 0 Å². The number of nitrogens with one attached hydrogen (secondary N) is 2. The van der Waals surface area contributed by atoms with Gasteiger partial charge in [-0.15, -0.1) is 0 Å². The van der Waals surface area contributed by atoms with Gasteiger partial charge in [0.2, 0.25) is 0 Å². The van der Waals surface area contributed by atoms with Crippen molar-refractivity contribution in [2.45, 2.75) is 20.4 Å². The largest absolute Gasteiger partial charge is 0.346 e. The molecule has 17 heavy (non-hydrogen) atoms. The van der Waals surface area contributed by atoms with Crippen LogP contribution in [0.4, 0.5) is 0 Å². The van der Waals surface area contributed by atoms with Gasteiger partial charge in [0.05, 0.1) is 35.9 Å². The third-order valence-electron chi connectivity index (χ3n) is 2.34. The van der Waals surface area contributed by atoms with Gasteiger partial charge in [-0.05, 0) is 13.8 Å². The van der Waals surface area contributed by atoms with Crippen LogP contribution in [0.3, 0.4) is 0 Å². The summed E-state index contributed by atoms with van der Waals surface area (Å²) in [5.41, 5.74) is 2.87. The molecular formula is C11H13N5O. The number of rotatable bonds is 3. The first-order valence-corrected chi connectivity index (χ1v) is 5.22. The minimum absolute atomic E-state index is 0.168. The van der Waals surface area contributed by atoms with E-state index in [2.05, 4.69) is 25.5 Å². The van der Waals surface area contributed by atoms with Gasteiger partial charge in [-0.25, -0.2) is 0 Å². The van der Waals surface area contributed by atoms with Crippen molar-refractivity contribution in [1.29, 1.82) is 0 Å². The number of aromatic amines is 1. The molecule has 2 heterocycles. The van der Waals surface area contributed by atoms with Gasteiger partial charge in [0.1, 0.15) is 0 Å². The Bertz CT molecular complexity index is 517. The monoisotopic (exact) mass is 231 g/mol. The molecular weight excluding hydrogens is 218 g/mol. The standard InChI is InChI=1S/C11H13N5O/c1-7-3-13-9(4-12-7)5-14-11(17)10-6-15-16-8(10)2/h3-4,6H,5H2,1-2H3,(H,14,17)(H,15,16). The summed E-state index contributed by atoms with van der Waals surface area (Å²) in [4.78, 5) is 20.0. The van der Waals surface area contributed by atoms with Crippen LogP contribution in [-0.4, -0.2) is 26.1 Å². The predicted molar refractivity (Wildman–Crippen MR) is 61.3 cm³/mol. The number of nitrogens with zero attached hydrogens (tertiary/aromatic N) is 3. The average molecular weight is 231 g/mol. The molecule has 88 valence electrons. The van der Waals surface area contributed by atoms with Gasteiger partial charge >= 0.3 is 0 Å². The summed E-state index contributed by atoms with van der Waals surface area (Å²) >= 11 is 0. The number of carbonyl (C=O) groups excluding carboxylic acids is 1. The van der Waals surface area contributed by atoms with Gasteiger partial charge in [0.25, 0.3) is 5.91 Å². The molecule has 2 rings (SSSR count). The highest BCUT2D eigenvalue weighted by Crippen LogP contribution is 2.02. The lowest BCUT2D eigenvalue weighted by Crippen LogP contribution is -2.23. The fraction of sp³-hybridized carbons (Fsp3) is 0.273. The highest BCUT2D eigenvalue weighted by Gasteiger charge is 2.10. The molecule has 1 amide bonds. The molecule has 2 aromatic rings. The quantitative estimate of drug-likeness (QED) is 0.816. The molecule has 0 saturated heterocycles. The van der Waals surface area contributed by atoms with E-state index in [-0.39, 0.29) is 5.91 Å². The maximum Gasteiger partial charge on any atom is 0.255 e. The second-order valence-electron chi connectivity index (χ2n) is 3.74. The van der Waals surface area contributed by atoms with Crippen molar-refractivity contribution in [3.8, 4) is 0 Å². The van der Waals surface area contributed by atoms with E-state index in [1.165, 1.54) is 6.20 Å². The van der Waals surface area contributed by atoms with Crippen molar-refractivity contribution in [2.24, 2.45) is 0 Å². The summed E-state index contributed by atoms with van der Waals surface area (Å²) in [5, 5.41) is 9.27. The van der Waals surface area contributed by atoms with Crippen molar-refractivity contribution in [3.05, 3.63) is 41.2 Å². The molecule has 0 aromatic carbocycles. The van der Waals surface area contributed by atoms with Crippen molar-refractivity contribution >= 4 is 5.91 Å². The fourth-order valence-electron chi connectivity index (χ4n) is 1.36. The van der Waals surface area contributed by atoms with Crippen molar-refractivity contribution < 1.29 is 4.79 Å².